The highest BCUT2D eigenvalue weighted by Crippen LogP contribution is 2.34. The molecule has 0 aromatic carbocycles. The molecule has 2 N–H and O–H groups in total. The van der Waals surface area contributed by atoms with Crippen molar-refractivity contribution >= 4 is 10.0 Å². The topological polar surface area (TPSA) is 67.4 Å². The van der Waals surface area contributed by atoms with Crippen molar-refractivity contribution in [2.24, 2.45) is 0 Å². The Hall–Kier alpha value is -0.170. The highest BCUT2D eigenvalue weighted by atomic mass is 32.2. The maximum atomic E-state index is 11.8. The van der Waals surface area contributed by atoms with Gasteiger partial charge in [-0.3, -0.25) is 0 Å². The molecule has 6 heteroatoms. The minimum absolute atomic E-state index is 0.0406. The number of hydrogen-bond acceptors (Lipinski definition) is 4. The van der Waals surface area contributed by atoms with Crippen LogP contribution >= 0.6 is 0 Å². The molecule has 100 valence electrons. The quantitative estimate of drug-likeness (QED) is 0.761. The van der Waals surface area contributed by atoms with Crippen LogP contribution in [0.25, 0.3) is 0 Å². The summed E-state index contributed by atoms with van der Waals surface area (Å²) in [6.45, 7) is 4.36. The summed E-state index contributed by atoms with van der Waals surface area (Å²) in [6, 6.07) is -0.0406. The second kappa shape index (κ2) is 5.22. The van der Waals surface area contributed by atoms with E-state index in [1.165, 1.54) is 0 Å². The highest BCUT2D eigenvalue weighted by molar-refractivity contribution is 7.89. The lowest BCUT2D eigenvalue weighted by atomic mass is 9.86. The molecule has 0 radical (unpaired) electrons. The molecular formula is C11H22N2O3S. The molecule has 0 amide bonds. The molecule has 0 aromatic heterocycles. The van der Waals surface area contributed by atoms with Gasteiger partial charge >= 0.3 is 0 Å². The number of rotatable bonds is 4. The summed E-state index contributed by atoms with van der Waals surface area (Å²) in [5, 5.41) is 3.29. The fraction of sp³-hybridized carbons (Fsp3) is 1.00. The molecule has 0 aliphatic carbocycles. The first kappa shape index (κ1) is 13.3. The molecule has 1 unspecified atom stereocenters. The van der Waals surface area contributed by atoms with Gasteiger partial charge in [0.2, 0.25) is 10.0 Å². The summed E-state index contributed by atoms with van der Waals surface area (Å²) < 4.78 is 32.3. The minimum atomic E-state index is -3.14. The monoisotopic (exact) mass is 262 g/mol. The SMILES string of the molecule is CCCS(=O)(=O)NC1CCOC12CCNCC2. The zero-order valence-corrected chi connectivity index (χ0v) is 11.2. The lowest BCUT2D eigenvalue weighted by Crippen LogP contribution is -2.55. The van der Waals surface area contributed by atoms with Crippen LogP contribution in [-0.4, -0.2) is 45.5 Å². The first-order chi connectivity index (χ1) is 8.08. The van der Waals surface area contributed by atoms with Crippen molar-refractivity contribution in [2.75, 3.05) is 25.4 Å². The van der Waals surface area contributed by atoms with Crippen LogP contribution < -0.4 is 10.0 Å². The second-order valence-electron chi connectivity index (χ2n) is 4.94. The van der Waals surface area contributed by atoms with Crippen LogP contribution in [0.1, 0.15) is 32.6 Å². The van der Waals surface area contributed by atoms with E-state index in [2.05, 4.69) is 10.0 Å². The molecule has 0 aromatic rings. The zero-order chi connectivity index (χ0) is 12.4. The van der Waals surface area contributed by atoms with Crippen molar-refractivity contribution < 1.29 is 13.2 Å². The summed E-state index contributed by atoms with van der Waals surface area (Å²) in [4.78, 5) is 0. The summed E-state index contributed by atoms with van der Waals surface area (Å²) in [5.41, 5.74) is -0.258. The van der Waals surface area contributed by atoms with Crippen molar-refractivity contribution in [1.29, 1.82) is 0 Å². The van der Waals surface area contributed by atoms with E-state index in [4.69, 9.17) is 4.74 Å². The Balaban J connectivity index is 2.04. The van der Waals surface area contributed by atoms with Crippen LogP contribution in [0.4, 0.5) is 0 Å². The van der Waals surface area contributed by atoms with Crippen LogP contribution in [0.5, 0.6) is 0 Å². The maximum Gasteiger partial charge on any atom is 0.211 e. The Bertz CT molecular complexity index is 350. The predicted octanol–water partition coefficient (Wildman–Crippen LogP) is 0.227. The summed E-state index contributed by atoms with van der Waals surface area (Å²) in [7, 11) is -3.14. The van der Waals surface area contributed by atoms with Crippen molar-refractivity contribution in [2.45, 2.75) is 44.2 Å². The van der Waals surface area contributed by atoms with E-state index < -0.39 is 10.0 Å². The smallest absolute Gasteiger partial charge is 0.211 e. The molecule has 0 bridgehead atoms. The van der Waals surface area contributed by atoms with Gasteiger partial charge in [0, 0.05) is 6.61 Å². The average molecular weight is 262 g/mol. The second-order valence-corrected chi connectivity index (χ2v) is 6.81. The first-order valence-electron chi connectivity index (χ1n) is 6.43. The Kier molecular flexibility index (Phi) is 4.07. The lowest BCUT2D eigenvalue weighted by molar-refractivity contribution is -0.0299. The summed E-state index contributed by atoms with van der Waals surface area (Å²) in [5.74, 6) is 0.206. The van der Waals surface area contributed by atoms with Crippen LogP contribution in [-0.2, 0) is 14.8 Å². The Morgan fingerprint density at radius 2 is 2.12 bits per heavy atom. The van der Waals surface area contributed by atoms with Crippen molar-refractivity contribution in [3.05, 3.63) is 0 Å². The van der Waals surface area contributed by atoms with E-state index in [0.717, 1.165) is 32.4 Å². The summed E-state index contributed by atoms with van der Waals surface area (Å²) >= 11 is 0. The van der Waals surface area contributed by atoms with Crippen LogP contribution in [0.2, 0.25) is 0 Å². The lowest BCUT2D eigenvalue weighted by Gasteiger charge is -2.38. The van der Waals surface area contributed by atoms with E-state index in [-0.39, 0.29) is 17.4 Å². The molecule has 2 heterocycles. The van der Waals surface area contributed by atoms with Gasteiger partial charge in [0.1, 0.15) is 0 Å². The molecule has 5 nitrogen and oxygen atoms in total. The summed E-state index contributed by atoms with van der Waals surface area (Å²) in [6.07, 6.45) is 3.24. The molecule has 2 saturated heterocycles. The standard InChI is InChI=1S/C11H22N2O3S/c1-2-9-17(14,15)13-10-3-8-16-11(10)4-6-12-7-5-11/h10,12-13H,2-9H2,1H3. The molecule has 1 atom stereocenters. The average Bonchev–Trinajstić information content (AvgIpc) is 2.62. The van der Waals surface area contributed by atoms with Gasteiger partial charge in [0.15, 0.2) is 0 Å². The van der Waals surface area contributed by atoms with E-state index in [1.54, 1.807) is 0 Å². The van der Waals surface area contributed by atoms with Crippen LogP contribution in [0, 0.1) is 0 Å². The van der Waals surface area contributed by atoms with Gasteiger partial charge in [-0.05, 0) is 38.8 Å². The zero-order valence-electron chi connectivity index (χ0n) is 10.4. The normalized spacial score (nSPS) is 28.6. The third kappa shape index (κ3) is 2.99. The third-order valence-corrected chi connectivity index (χ3v) is 5.27. The van der Waals surface area contributed by atoms with E-state index >= 15 is 0 Å². The minimum Gasteiger partial charge on any atom is -0.373 e. The third-order valence-electron chi connectivity index (χ3n) is 3.68. The first-order valence-corrected chi connectivity index (χ1v) is 8.08. The molecule has 0 saturated carbocycles. The van der Waals surface area contributed by atoms with Gasteiger partial charge in [-0.15, -0.1) is 0 Å². The fourth-order valence-electron chi connectivity index (χ4n) is 2.80. The van der Waals surface area contributed by atoms with Crippen molar-refractivity contribution in [1.82, 2.24) is 10.0 Å². The number of piperidine rings is 1. The Morgan fingerprint density at radius 3 is 2.76 bits per heavy atom. The van der Waals surface area contributed by atoms with Crippen LogP contribution in [0.15, 0.2) is 0 Å². The predicted molar refractivity (Wildman–Crippen MR) is 66.4 cm³/mol. The van der Waals surface area contributed by atoms with Gasteiger partial charge in [0.25, 0.3) is 0 Å². The van der Waals surface area contributed by atoms with Gasteiger partial charge in [0.05, 0.1) is 17.4 Å². The Labute approximate surface area is 103 Å². The highest BCUT2D eigenvalue weighted by Gasteiger charge is 2.46. The van der Waals surface area contributed by atoms with Gasteiger partial charge in [-0.1, -0.05) is 6.92 Å². The van der Waals surface area contributed by atoms with Crippen molar-refractivity contribution in [3.8, 4) is 0 Å². The van der Waals surface area contributed by atoms with E-state index in [0.29, 0.717) is 13.0 Å². The molecule has 1 spiro atoms. The molecular weight excluding hydrogens is 240 g/mol. The number of nitrogens with one attached hydrogen (secondary N) is 2. The van der Waals surface area contributed by atoms with Gasteiger partial charge in [-0.25, -0.2) is 13.1 Å². The number of ether oxygens (including phenoxy) is 1. The number of sulfonamides is 1. The molecule has 2 aliphatic rings. The number of hydrogen-bond donors (Lipinski definition) is 2. The van der Waals surface area contributed by atoms with Gasteiger partial charge in [-0.2, -0.15) is 0 Å². The largest absolute Gasteiger partial charge is 0.373 e. The van der Waals surface area contributed by atoms with Gasteiger partial charge < -0.3 is 10.1 Å². The maximum absolute atomic E-state index is 11.8. The molecule has 2 rings (SSSR count). The van der Waals surface area contributed by atoms with Crippen LogP contribution in [0.3, 0.4) is 0 Å². The molecule has 2 aliphatic heterocycles. The molecule has 2 fully saturated rings. The van der Waals surface area contributed by atoms with E-state index in [9.17, 15) is 8.42 Å². The fourth-order valence-corrected chi connectivity index (χ4v) is 4.22. The molecule has 17 heavy (non-hydrogen) atoms. The van der Waals surface area contributed by atoms with E-state index in [1.807, 2.05) is 6.92 Å². The van der Waals surface area contributed by atoms with Crippen molar-refractivity contribution in [3.63, 3.8) is 0 Å². The Morgan fingerprint density at radius 1 is 1.41 bits per heavy atom.